The third-order valence-electron chi connectivity index (χ3n) is 2.35. The number of nitrogens with one attached hydrogen (secondary N) is 2. The van der Waals surface area contributed by atoms with Gasteiger partial charge < -0.3 is 20.6 Å². The van der Waals surface area contributed by atoms with Crippen LogP contribution in [0.3, 0.4) is 0 Å². The van der Waals surface area contributed by atoms with Crippen LogP contribution in [-0.4, -0.2) is 53.6 Å². The van der Waals surface area contributed by atoms with Gasteiger partial charge in [-0.15, -0.1) is 0 Å². The Labute approximate surface area is 107 Å². The lowest BCUT2D eigenvalue weighted by Gasteiger charge is -2.22. The van der Waals surface area contributed by atoms with Crippen molar-refractivity contribution < 1.29 is 19.5 Å². The number of carboxylic acid groups (broad SMARTS) is 1. The van der Waals surface area contributed by atoms with Crippen LogP contribution in [-0.2, 0) is 9.59 Å². The summed E-state index contributed by atoms with van der Waals surface area (Å²) in [5.41, 5.74) is 0. The maximum atomic E-state index is 11.7. The van der Waals surface area contributed by atoms with Crippen molar-refractivity contribution in [1.29, 1.82) is 0 Å². The lowest BCUT2D eigenvalue weighted by atomic mass is 10.3. The molecule has 3 amide bonds. The van der Waals surface area contributed by atoms with Crippen LogP contribution in [0.2, 0.25) is 0 Å². The summed E-state index contributed by atoms with van der Waals surface area (Å²) >= 11 is 0. The molecule has 0 aromatic rings. The van der Waals surface area contributed by atoms with Crippen LogP contribution in [0.4, 0.5) is 4.79 Å². The van der Waals surface area contributed by atoms with Gasteiger partial charge in [-0.05, 0) is 20.8 Å². The van der Waals surface area contributed by atoms with Crippen molar-refractivity contribution in [3.8, 4) is 0 Å². The molecule has 0 aromatic heterocycles. The fourth-order valence-electron chi connectivity index (χ4n) is 1.30. The summed E-state index contributed by atoms with van der Waals surface area (Å²) in [6.45, 7) is 6.13. The Hall–Kier alpha value is -1.79. The Morgan fingerprint density at radius 2 is 1.89 bits per heavy atom. The molecule has 18 heavy (non-hydrogen) atoms. The van der Waals surface area contributed by atoms with Crippen LogP contribution < -0.4 is 10.6 Å². The van der Waals surface area contributed by atoms with E-state index in [2.05, 4.69) is 10.6 Å². The van der Waals surface area contributed by atoms with E-state index in [1.807, 2.05) is 0 Å². The molecule has 0 bridgehead atoms. The molecule has 104 valence electrons. The maximum absolute atomic E-state index is 11.7. The second-order valence-corrected chi connectivity index (χ2v) is 3.79. The Bertz CT molecular complexity index is 307. The van der Waals surface area contributed by atoms with Crippen LogP contribution in [0.15, 0.2) is 0 Å². The maximum Gasteiger partial charge on any atom is 0.318 e. The zero-order valence-corrected chi connectivity index (χ0v) is 11.0. The SMILES string of the molecule is CCNC(=O)C(C)NC(=O)N(CC)CCC(=O)O. The summed E-state index contributed by atoms with van der Waals surface area (Å²) in [7, 11) is 0. The Morgan fingerprint density at radius 1 is 1.28 bits per heavy atom. The second-order valence-electron chi connectivity index (χ2n) is 3.79. The van der Waals surface area contributed by atoms with E-state index in [1.54, 1.807) is 20.8 Å². The van der Waals surface area contributed by atoms with Gasteiger partial charge in [0.1, 0.15) is 6.04 Å². The van der Waals surface area contributed by atoms with Gasteiger partial charge in [0.05, 0.1) is 6.42 Å². The Balaban J connectivity index is 4.25. The molecule has 3 N–H and O–H groups in total. The molecule has 0 radical (unpaired) electrons. The minimum absolute atomic E-state index is 0.114. The summed E-state index contributed by atoms with van der Waals surface area (Å²) < 4.78 is 0. The summed E-state index contributed by atoms with van der Waals surface area (Å²) in [5.74, 6) is -1.22. The van der Waals surface area contributed by atoms with Gasteiger partial charge in [0.2, 0.25) is 5.91 Å². The Kier molecular flexibility index (Phi) is 7.50. The summed E-state index contributed by atoms with van der Waals surface area (Å²) in [4.78, 5) is 35.0. The number of urea groups is 1. The van der Waals surface area contributed by atoms with Crippen molar-refractivity contribution in [2.24, 2.45) is 0 Å². The number of likely N-dealkylation sites (N-methyl/N-ethyl adjacent to an activating group) is 1. The highest BCUT2D eigenvalue weighted by atomic mass is 16.4. The van der Waals surface area contributed by atoms with E-state index < -0.39 is 18.0 Å². The number of carbonyl (C=O) groups excluding carboxylic acids is 2. The molecule has 1 atom stereocenters. The van der Waals surface area contributed by atoms with E-state index in [0.29, 0.717) is 13.1 Å². The molecule has 0 rings (SSSR count). The first-order valence-electron chi connectivity index (χ1n) is 5.97. The highest BCUT2D eigenvalue weighted by Crippen LogP contribution is 1.94. The first kappa shape index (κ1) is 16.2. The molecule has 0 saturated carbocycles. The molecule has 7 heteroatoms. The second kappa shape index (κ2) is 8.32. The average molecular weight is 259 g/mol. The van der Waals surface area contributed by atoms with Crippen molar-refractivity contribution in [2.45, 2.75) is 33.2 Å². The van der Waals surface area contributed by atoms with Gasteiger partial charge in [0, 0.05) is 19.6 Å². The molecule has 0 fully saturated rings. The fourth-order valence-corrected chi connectivity index (χ4v) is 1.30. The van der Waals surface area contributed by atoms with E-state index in [1.165, 1.54) is 4.90 Å². The highest BCUT2D eigenvalue weighted by Gasteiger charge is 2.18. The molecule has 1 unspecified atom stereocenters. The van der Waals surface area contributed by atoms with Gasteiger partial charge in [-0.25, -0.2) is 4.79 Å². The number of nitrogens with zero attached hydrogens (tertiary/aromatic N) is 1. The first-order valence-corrected chi connectivity index (χ1v) is 5.97. The summed E-state index contributed by atoms with van der Waals surface area (Å²) in [6.07, 6.45) is -0.114. The topological polar surface area (TPSA) is 98.7 Å². The normalized spacial score (nSPS) is 11.5. The van der Waals surface area contributed by atoms with Crippen LogP contribution in [0.25, 0.3) is 0 Å². The lowest BCUT2D eigenvalue weighted by Crippen LogP contribution is -2.50. The van der Waals surface area contributed by atoms with Gasteiger partial charge in [-0.3, -0.25) is 9.59 Å². The smallest absolute Gasteiger partial charge is 0.318 e. The number of hydrogen-bond acceptors (Lipinski definition) is 3. The van der Waals surface area contributed by atoms with Crippen molar-refractivity contribution in [3.05, 3.63) is 0 Å². The van der Waals surface area contributed by atoms with Gasteiger partial charge >= 0.3 is 12.0 Å². The van der Waals surface area contributed by atoms with E-state index in [9.17, 15) is 14.4 Å². The predicted octanol–water partition coefficient (Wildman–Crippen LogP) is 0.0172. The van der Waals surface area contributed by atoms with Gasteiger partial charge in [0.15, 0.2) is 0 Å². The van der Waals surface area contributed by atoms with E-state index in [4.69, 9.17) is 5.11 Å². The first-order chi connectivity index (χ1) is 8.42. The molecule has 0 aliphatic rings. The molecule has 0 saturated heterocycles. The zero-order chi connectivity index (χ0) is 14.1. The van der Waals surface area contributed by atoms with Gasteiger partial charge in [-0.2, -0.15) is 0 Å². The molecule has 0 aliphatic carbocycles. The third kappa shape index (κ3) is 6.07. The van der Waals surface area contributed by atoms with Crippen molar-refractivity contribution in [1.82, 2.24) is 15.5 Å². The molecule has 0 aromatic carbocycles. The highest BCUT2D eigenvalue weighted by molar-refractivity contribution is 5.86. The minimum Gasteiger partial charge on any atom is -0.481 e. The van der Waals surface area contributed by atoms with Crippen LogP contribution >= 0.6 is 0 Å². The van der Waals surface area contributed by atoms with Crippen molar-refractivity contribution in [2.75, 3.05) is 19.6 Å². The summed E-state index contributed by atoms with van der Waals surface area (Å²) in [5, 5.41) is 13.7. The average Bonchev–Trinajstić information content (AvgIpc) is 2.29. The Morgan fingerprint density at radius 3 is 2.33 bits per heavy atom. The van der Waals surface area contributed by atoms with E-state index >= 15 is 0 Å². The van der Waals surface area contributed by atoms with Crippen LogP contribution in [0, 0.1) is 0 Å². The van der Waals surface area contributed by atoms with Gasteiger partial charge in [0.25, 0.3) is 0 Å². The standard InChI is InChI=1S/C11H21N3O4/c1-4-12-10(17)8(3)13-11(18)14(5-2)7-6-9(15)16/h8H,4-7H2,1-3H3,(H,12,17)(H,13,18)(H,15,16). The third-order valence-corrected chi connectivity index (χ3v) is 2.35. The number of aliphatic carboxylic acids is 1. The van der Waals surface area contributed by atoms with E-state index in [0.717, 1.165) is 0 Å². The molecule has 0 spiro atoms. The number of carboxylic acids is 1. The monoisotopic (exact) mass is 259 g/mol. The number of carbonyl (C=O) groups is 3. The number of amides is 3. The summed E-state index contributed by atoms with van der Waals surface area (Å²) in [6, 6.07) is -1.08. The molecule has 7 nitrogen and oxygen atoms in total. The van der Waals surface area contributed by atoms with Crippen molar-refractivity contribution >= 4 is 17.9 Å². The molecule has 0 aliphatic heterocycles. The lowest BCUT2D eigenvalue weighted by molar-refractivity contribution is -0.137. The van der Waals surface area contributed by atoms with Gasteiger partial charge in [-0.1, -0.05) is 0 Å². The number of rotatable bonds is 7. The van der Waals surface area contributed by atoms with Crippen molar-refractivity contribution in [3.63, 3.8) is 0 Å². The van der Waals surface area contributed by atoms with Crippen LogP contribution in [0.5, 0.6) is 0 Å². The minimum atomic E-state index is -0.960. The fraction of sp³-hybridized carbons (Fsp3) is 0.727. The van der Waals surface area contributed by atoms with Crippen LogP contribution in [0.1, 0.15) is 27.2 Å². The number of hydrogen-bond donors (Lipinski definition) is 3. The molecular weight excluding hydrogens is 238 g/mol. The quantitative estimate of drug-likeness (QED) is 0.600. The largest absolute Gasteiger partial charge is 0.481 e. The zero-order valence-electron chi connectivity index (χ0n) is 11.0. The molecular formula is C11H21N3O4. The molecule has 0 heterocycles. The van der Waals surface area contributed by atoms with E-state index in [-0.39, 0.29) is 18.9 Å². The predicted molar refractivity (Wildman–Crippen MR) is 66.2 cm³/mol.